The lowest BCUT2D eigenvalue weighted by atomic mass is 10.00. The number of carbonyl (C=O) groups is 1. The maximum atomic E-state index is 12.3. The lowest BCUT2D eigenvalue weighted by Crippen LogP contribution is -2.50. The minimum absolute atomic E-state index is 0.217. The minimum atomic E-state index is 0.217. The van der Waals surface area contributed by atoms with Gasteiger partial charge in [-0.15, -0.1) is 5.10 Å². The quantitative estimate of drug-likeness (QED) is 0.744. The van der Waals surface area contributed by atoms with E-state index in [4.69, 9.17) is 0 Å². The highest BCUT2D eigenvalue weighted by Crippen LogP contribution is 2.23. The van der Waals surface area contributed by atoms with Crippen LogP contribution < -0.4 is 0 Å². The summed E-state index contributed by atoms with van der Waals surface area (Å²) in [6.07, 6.45) is 4.86. The van der Waals surface area contributed by atoms with Crippen LogP contribution in [-0.4, -0.2) is 38.9 Å². The number of hydrogen-bond acceptors (Lipinski definition) is 3. The summed E-state index contributed by atoms with van der Waals surface area (Å²) in [5.41, 5.74) is 1.24. The zero-order valence-corrected chi connectivity index (χ0v) is 12.8. The van der Waals surface area contributed by atoms with Crippen LogP contribution in [0.4, 0.5) is 0 Å². The molecule has 0 unspecified atom stereocenters. The molecule has 0 bridgehead atoms. The first kappa shape index (κ1) is 13.9. The molecule has 1 saturated heterocycles. The molecule has 1 aliphatic heterocycles. The van der Waals surface area contributed by atoms with Crippen LogP contribution >= 0.6 is 0 Å². The molecule has 0 N–H and O–H groups in total. The topological polar surface area (TPSA) is 51.0 Å². The molecule has 1 fully saturated rings. The molecule has 4 rings (SSSR count). The highest BCUT2D eigenvalue weighted by molar-refractivity contribution is 5.86. The fraction of sp³-hybridized carbons (Fsp3) is 0.278. The second-order valence-electron chi connectivity index (χ2n) is 5.97. The highest BCUT2D eigenvalue weighted by atomic mass is 16.2. The van der Waals surface area contributed by atoms with Gasteiger partial charge in [-0.1, -0.05) is 47.7 Å². The van der Waals surface area contributed by atoms with Crippen molar-refractivity contribution in [1.82, 2.24) is 19.9 Å². The van der Waals surface area contributed by atoms with E-state index in [2.05, 4.69) is 40.6 Å². The number of nitrogens with zero attached hydrogens (tertiary/aromatic N) is 4. The Morgan fingerprint density at radius 2 is 1.96 bits per heavy atom. The van der Waals surface area contributed by atoms with Crippen LogP contribution in [0.15, 0.2) is 54.9 Å². The molecule has 0 aliphatic carbocycles. The van der Waals surface area contributed by atoms with Gasteiger partial charge < -0.3 is 4.90 Å². The van der Waals surface area contributed by atoms with Crippen LogP contribution in [0.1, 0.15) is 18.0 Å². The maximum absolute atomic E-state index is 12.3. The van der Waals surface area contributed by atoms with Gasteiger partial charge in [0.2, 0.25) is 5.91 Å². The molecule has 2 heterocycles. The molecule has 1 aromatic heterocycles. The second-order valence-corrected chi connectivity index (χ2v) is 5.97. The van der Waals surface area contributed by atoms with E-state index in [0.29, 0.717) is 6.42 Å². The molecule has 0 atom stereocenters. The summed E-state index contributed by atoms with van der Waals surface area (Å²) in [4.78, 5) is 14.2. The Morgan fingerprint density at radius 3 is 2.78 bits per heavy atom. The van der Waals surface area contributed by atoms with Crippen LogP contribution in [0.25, 0.3) is 10.8 Å². The standard InChI is InChI=1S/C18H18N4O/c23-18(21-12-16(13-21)22-11-10-19-20-22)9-8-15-6-3-5-14-4-1-2-7-17(14)15/h1-7,10-11,16H,8-9,12-13H2. The molecule has 0 saturated carbocycles. The third kappa shape index (κ3) is 2.70. The zero-order valence-electron chi connectivity index (χ0n) is 12.8. The van der Waals surface area contributed by atoms with Crippen molar-refractivity contribution in [3.8, 4) is 0 Å². The van der Waals surface area contributed by atoms with Gasteiger partial charge in [0.05, 0.1) is 12.2 Å². The van der Waals surface area contributed by atoms with Crippen molar-refractivity contribution >= 4 is 16.7 Å². The van der Waals surface area contributed by atoms with E-state index in [1.807, 2.05) is 27.9 Å². The van der Waals surface area contributed by atoms with Gasteiger partial charge in [-0.2, -0.15) is 0 Å². The smallest absolute Gasteiger partial charge is 0.223 e. The molecule has 116 valence electrons. The molecule has 5 nitrogen and oxygen atoms in total. The fourth-order valence-corrected chi connectivity index (χ4v) is 3.15. The van der Waals surface area contributed by atoms with Gasteiger partial charge >= 0.3 is 0 Å². The Bertz CT molecular complexity index is 817. The van der Waals surface area contributed by atoms with E-state index < -0.39 is 0 Å². The van der Waals surface area contributed by atoms with E-state index in [1.54, 1.807) is 6.20 Å². The largest absolute Gasteiger partial charge is 0.338 e. The molecule has 23 heavy (non-hydrogen) atoms. The average molecular weight is 306 g/mol. The summed E-state index contributed by atoms with van der Waals surface area (Å²) in [7, 11) is 0. The number of amides is 1. The van der Waals surface area contributed by atoms with Crippen molar-refractivity contribution in [2.75, 3.05) is 13.1 Å². The summed E-state index contributed by atoms with van der Waals surface area (Å²) in [6, 6.07) is 14.9. The van der Waals surface area contributed by atoms with Crippen molar-refractivity contribution < 1.29 is 4.79 Å². The Kier molecular flexibility index (Phi) is 3.54. The highest BCUT2D eigenvalue weighted by Gasteiger charge is 2.31. The van der Waals surface area contributed by atoms with Gasteiger partial charge in [0.15, 0.2) is 0 Å². The van der Waals surface area contributed by atoms with Crippen LogP contribution in [-0.2, 0) is 11.2 Å². The van der Waals surface area contributed by atoms with E-state index in [-0.39, 0.29) is 11.9 Å². The number of aryl methyl sites for hydroxylation is 1. The van der Waals surface area contributed by atoms with Crippen LogP contribution in [0, 0.1) is 0 Å². The second kappa shape index (κ2) is 5.83. The van der Waals surface area contributed by atoms with E-state index in [1.165, 1.54) is 16.3 Å². The Labute approximate surface area is 134 Å². The lowest BCUT2D eigenvalue weighted by Gasteiger charge is -2.39. The van der Waals surface area contributed by atoms with Gasteiger partial charge in [0.1, 0.15) is 0 Å². The Morgan fingerprint density at radius 1 is 1.13 bits per heavy atom. The van der Waals surface area contributed by atoms with Gasteiger partial charge in [-0.25, -0.2) is 4.68 Å². The van der Waals surface area contributed by atoms with E-state index in [0.717, 1.165) is 19.5 Å². The number of fused-ring (bicyclic) bond motifs is 1. The normalized spacial score (nSPS) is 14.9. The molecule has 1 aliphatic rings. The minimum Gasteiger partial charge on any atom is -0.338 e. The van der Waals surface area contributed by atoms with Crippen LogP contribution in [0.3, 0.4) is 0 Å². The van der Waals surface area contributed by atoms with Crippen molar-refractivity contribution in [3.05, 3.63) is 60.4 Å². The van der Waals surface area contributed by atoms with Gasteiger partial charge in [-0.3, -0.25) is 4.79 Å². The van der Waals surface area contributed by atoms with Crippen molar-refractivity contribution in [3.63, 3.8) is 0 Å². The molecule has 3 aromatic rings. The lowest BCUT2D eigenvalue weighted by molar-refractivity contribution is -0.137. The molecule has 1 amide bonds. The summed E-state index contributed by atoms with van der Waals surface area (Å²) >= 11 is 0. The number of aromatic nitrogens is 3. The zero-order chi connectivity index (χ0) is 15.6. The SMILES string of the molecule is O=C(CCc1cccc2ccccc12)N1CC(n2ccnn2)C1. The van der Waals surface area contributed by atoms with Crippen molar-refractivity contribution in [2.24, 2.45) is 0 Å². The van der Waals surface area contributed by atoms with Crippen molar-refractivity contribution in [1.29, 1.82) is 0 Å². The number of carbonyl (C=O) groups excluding carboxylic acids is 1. The predicted molar refractivity (Wildman–Crippen MR) is 87.9 cm³/mol. The third-order valence-electron chi connectivity index (χ3n) is 4.52. The van der Waals surface area contributed by atoms with Crippen LogP contribution in [0.2, 0.25) is 0 Å². The molecule has 5 heteroatoms. The average Bonchev–Trinajstić information content (AvgIpc) is 3.05. The number of likely N-dealkylation sites (tertiary alicyclic amines) is 1. The molecular formula is C18H18N4O. The first-order valence-corrected chi connectivity index (χ1v) is 7.91. The maximum Gasteiger partial charge on any atom is 0.223 e. The van der Waals surface area contributed by atoms with Gasteiger partial charge in [0, 0.05) is 25.7 Å². The van der Waals surface area contributed by atoms with E-state index in [9.17, 15) is 4.79 Å². The Balaban J connectivity index is 1.37. The predicted octanol–water partition coefficient (Wildman–Crippen LogP) is 2.45. The Hall–Kier alpha value is -2.69. The number of rotatable bonds is 4. The fourth-order valence-electron chi connectivity index (χ4n) is 3.15. The van der Waals surface area contributed by atoms with Crippen molar-refractivity contribution in [2.45, 2.75) is 18.9 Å². The summed E-state index contributed by atoms with van der Waals surface area (Å²) in [5.74, 6) is 0.217. The molecule has 2 aromatic carbocycles. The first-order valence-electron chi connectivity index (χ1n) is 7.91. The number of benzene rings is 2. The third-order valence-corrected chi connectivity index (χ3v) is 4.52. The number of hydrogen-bond donors (Lipinski definition) is 0. The van der Waals surface area contributed by atoms with Crippen LogP contribution in [0.5, 0.6) is 0 Å². The first-order chi connectivity index (χ1) is 11.3. The van der Waals surface area contributed by atoms with Gasteiger partial charge in [0.25, 0.3) is 0 Å². The monoisotopic (exact) mass is 306 g/mol. The summed E-state index contributed by atoms with van der Waals surface area (Å²) < 4.78 is 1.83. The van der Waals surface area contributed by atoms with E-state index >= 15 is 0 Å². The summed E-state index contributed by atoms with van der Waals surface area (Å²) in [6.45, 7) is 1.47. The summed E-state index contributed by atoms with van der Waals surface area (Å²) in [5, 5.41) is 10.3. The molecule has 0 radical (unpaired) electrons. The van der Waals surface area contributed by atoms with Gasteiger partial charge in [-0.05, 0) is 22.8 Å². The molecule has 0 spiro atoms. The molecular weight excluding hydrogens is 288 g/mol.